The molecule has 10 heavy (non-hydrogen) atoms. The van der Waals surface area contributed by atoms with E-state index in [1.54, 1.807) is 0 Å². The van der Waals surface area contributed by atoms with Crippen LogP contribution in [0.15, 0.2) is 0 Å². The van der Waals surface area contributed by atoms with Crippen LogP contribution in [-0.4, -0.2) is 4.32 Å². The Labute approximate surface area is 73.5 Å². The highest BCUT2D eigenvalue weighted by Crippen LogP contribution is 2.42. The Morgan fingerprint density at radius 2 is 1.40 bits per heavy atom. The molecule has 0 aliphatic carbocycles. The van der Waals surface area contributed by atoms with E-state index in [-0.39, 0.29) is 0 Å². The zero-order valence-electron chi connectivity index (χ0n) is 7.79. The van der Waals surface area contributed by atoms with Crippen LogP contribution in [0, 0.1) is 5.41 Å². The molecule has 0 heterocycles. The number of halogens is 1. The van der Waals surface area contributed by atoms with Gasteiger partial charge < -0.3 is 0 Å². The fourth-order valence-corrected chi connectivity index (χ4v) is 1.13. The highest BCUT2D eigenvalue weighted by Gasteiger charge is 2.35. The lowest BCUT2D eigenvalue weighted by molar-refractivity contribution is 0.256. The van der Waals surface area contributed by atoms with Crippen LogP contribution in [0.1, 0.15) is 47.5 Å². The van der Waals surface area contributed by atoms with Gasteiger partial charge in [0.15, 0.2) is 0 Å². The van der Waals surface area contributed by atoms with Gasteiger partial charge in [0.1, 0.15) is 0 Å². The number of hydrogen-bond acceptors (Lipinski definition) is 0. The number of hydrogen-bond donors (Lipinski definition) is 0. The van der Waals surface area contributed by atoms with E-state index < -0.39 is 0 Å². The van der Waals surface area contributed by atoms with E-state index in [1.165, 1.54) is 12.8 Å². The Hall–Kier alpha value is 0.480. The van der Waals surface area contributed by atoms with Crippen molar-refractivity contribution < 1.29 is 0 Å². The third-order valence-corrected chi connectivity index (χ3v) is 4.59. The van der Waals surface area contributed by atoms with Gasteiger partial charge in [-0.1, -0.05) is 43.6 Å². The number of rotatable bonds is 3. The highest BCUT2D eigenvalue weighted by molar-refractivity contribution is 9.10. The zero-order valence-corrected chi connectivity index (χ0v) is 9.38. The van der Waals surface area contributed by atoms with Crippen LogP contribution in [0.3, 0.4) is 0 Å². The summed E-state index contributed by atoms with van der Waals surface area (Å²) in [4.78, 5) is 0. The van der Waals surface area contributed by atoms with Crippen molar-refractivity contribution in [2.45, 2.75) is 51.8 Å². The van der Waals surface area contributed by atoms with Gasteiger partial charge in [-0.2, -0.15) is 0 Å². The van der Waals surface area contributed by atoms with E-state index in [1.807, 2.05) is 0 Å². The molecule has 0 saturated carbocycles. The largest absolute Gasteiger partial charge is 0.0851 e. The third kappa shape index (κ3) is 1.98. The van der Waals surface area contributed by atoms with Crippen LogP contribution in [0.4, 0.5) is 0 Å². The highest BCUT2D eigenvalue weighted by atomic mass is 79.9. The fourth-order valence-electron chi connectivity index (χ4n) is 0.847. The van der Waals surface area contributed by atoms with Gasteiger partial charge in [0.2, 0.25) is 0 Å². The number of alkyl halides is 1. The summed E-state index contributed by atoms with van der Waals surface area (Å²) in [5, 5.41) is 0. The molecule has 0 aromatic heterocycles. The van der Waals surface area contributed by atoms with Gasteiger partial charge in [0, 0.05) is 4.32 Å². The quantitative estimate of drug-likeness (QED) is 0.614. The van der Waals surface area contributed by atoms with E-state index in [0.29, 0.717) is 9.74 Å². The first-order valence-corrected chi connectivity index (χ1v) is 4.85. The monoisotopic (exact) mass is 206 g/mol. The minimum atomic E-state index is 0.300. The van der Waals surface area contributed by atoms with Crippen LogP contribution in [0.2, 0.25) is 0 Å². The average molecular weight is 207 g/mol. The van der Waals surface area contributed by atoms with E-state index in [0.717, 1.165) is 0 Å². The Morgan fingerprint density at radius 1 is 1.00 bits per heavy atom. The molecule has 0 aliphatic rings. The van der Waals surface area contributed by atoms with E-state index in [2.05, 4.69) is 50.5 Å². The van der Waals surface area contributed by atoms with Gasteiger partial charge in [-0.15, -0.1) is 0 Å². The van der Waals surface area contributed by atoms with Crippen molar-refractivity contribution in [2.24, 2.45) is 5.41 Å². The van der Waals surface area contributed by atoms with Crippen molar-refractivity contribution in [3.05, 3.63) is 0 Å². The summed E-state index contributed by atoms with van der Waals surface area (Å²) < 4.78 is 0.300. The van der Waals surface area contributed by atoms with Crippen molar-refractivity contribution in [1.29, 1.82) is 0 Å². The van der Waals surface area contributed by atoms with Crippen molar-refractivity contribution in [3.63, 3.8) is 0 Å². The minimum Gasteiger partial charge on any atom is -0.0851 e. The van der Waals surface area contributed by atoms with Crippen molar-refractivity contribution in [2.75, 3.05) is 0 Å². The van der Waals surface area contributed by atoms with Crippen molar-refractivity contribution >= 4 is 15.9 Å². The van der Waals surface area contributed by atoms with Gasteiger partial charge in [0.25, 0.3) is 0 Å². The van der Waals surface area contributed by atoms with Gasteiger partial charge in [0.05, 0.1) is 0 Å². The molecule has 0 aromatic rings. The second kappa shape index (κ2) is 3.25. The summed E-state index contributed by atoms with van der Waals surface area (Å²) in [6.45, 7) is 11.4. The topological polar surface area (TPSA) is 0 Å². The molecule has 0 fully saturated rings. The second-order valence-electron chi connectivity index (χ2n) is 3.79. The molecule has 0 amide bonds. The summed E-state index contributed by atoms with van der Waals surface area (Å²) in [6.07, 6.45) is 2.41. The van der Waals surface area contributed by atoms with Crippen molar-refractivity contribution in [3.8, 4) is 0 Å². The Morgan fingerprint density at radius 3 is 1.50 bits per heavy atom. The molecule has 0 N–H and O–H groups in total. The van der Waals surface area contributed by atoms with Gasteiger partial charge in [-0.3, -0.25) is 0 Å². The van der Waals surface area contributed by atoms with Gasteiger partial charge >= 0.3 is 0 Å². The maximum atomic E-state index is 3.76. The molecule has 0 spiro atoms. The fraction of sp³-hybridized carbons (Fsp3) is 1.00. The van der Waals surface area contributed by atoms with Crippen LogP contribution in [0.25, 0.3) is 0 Å². The van der Waals surface area contributed by atoms with Crippen LogP contribution in [0.5, 0.6) is 0 Å². The molecule has 0 radical (unpaired) electrons. The normalized spacial score (nSPS) is 18.6. The maximum Gasteiger partial charge on any atom is 0.0278 e. The molecule has 0 aliphatic heterocycles. The van der Waals surface area contributed by atoms with Crippen LogP contribution in [-0.2, 0) is 0 Å². The molecule has 0 nitrogen and oxygen atoms in total. The smallest absolute Gasteiger partial charge is 0.0278 e. The average Bonchev–Trinajstić information content (AvgIpc) is 1.88. The van der Waals surface area contributed by atoms with E-state index in [4.69, 9.17) is 0 Å². The molecule has 62 valence electrons. The summed E-state index contributed by atoms with van der Waals surface area (Å²) in [7, 11) is 0. The zero-order chi connectivity index (χ0) is 8.41. The van der Waals surface area contributed by atoms with Crippen LogP contribution < -0.4 is 0 Å². The first-order valence-electron chi connectivity index (χ1n) is 4.06. The SMILES string of the molecule is CCC(C)(C)C(C)(Br)CC. The molecule has 1 unspecified atom stereocenters. The summed E-state index contributed by atoms with van der Waals surface area (Å²) in [5.74, 6) is 0. The minimum absolute atomic E-state index is 0.300. The lowest BCUT2D eigenvalue weighted by Crippen LogP contribution is -2.34. The van der Waals surface area contributed by atoms with E-state index >= 15 is 0 Å². The summed E-state index contributed by atoms with van der Waals surface area (Å²) in [5.41, 5.74) is 0.405. The molecule has 0 bridgehead atoms. The Bertz CT molecular complexity index is 89.3. The first-order chi connectivity index (χ1) is 4.37. The predicted molar refractivity (Wildman–Crippen MR) is 51.7 cm³/mol. The maximum absolute atomic E-state index is 3.76. The lowest BCUT2D eigenvalue weighted by atomic mass is 9.76. The van der Waals surface area contributed by atoms with Crippen molar-refractivity contribution in [1.82, 2.24) is 0 Å². The third-order valence-electron chi connectivity index (χ3n) is 2.96. The standard InChI is InChI=1S/C9H19Br/c1-6-8(3,4)9(5,10)7-2/h6-7H2,1-5H3. The summed E-state index contributed by atoms with van der Waals surface area (Å²) in [6, 6.07) is 0. The second-order valence-corrected chi connectivity index (χ2v) is 5.54. The molecular weight excluding hydrogens is 188 g/mol. The molecule has 1 heteroatoms. The Balaban J connectivity index is 4.28. The predicted octanol–water partition coefficient (Wildman–Crippen LogP) is 3.99. The Kier molecular flexibility index (Phi) is 3.41. The van der Waals surface area contributed by atoms with E-state index in [9.17, 15) is 0 Å². The molecular formula is C9H19Br. The molecule has 0 rings (SSSR count). The molecule has 1 atom stereocenters. The first kappa shape index (κ1) is 10.5. The summed E-state index contributed by atoms with van der Waals surface area (Å²) >= 11 is 3.76. The lowest BCUT2D eigenvalue weighted by Gasteiger charge is -2.38. The van der Waals surface area contributed by atoms with Gasteiger partial charge in [-0.25, -0.2) is 0 Å². The molecule has 0 saturated heterocycles. The van der Waals surface area contributed by atoms with Gasteiger partial charge in [-0.05, 0) is 25.2 Å². The molecule has 0 aromatic carbocycles. The van der Waals surface area contributed by atoms with Crippen LogP contribution >= 0.6 is 15.9 Å².